The molecular weight excluding hydrogens is 440 g/mol. The van der Waals surface area contributed by atoms with Gasteiger partial charge in [-0.3, -0.25) is 4.79 Å². The molecule has 1 heterocycles. The number of hydrogen-bond acceptors (Lipinski definition) is 3. The predicted octanol–water partition coefficient (Wildman–Crippen LogP) is 6.44. The van der Waals surface area contributed by atoms with Gasteiger partial charge in [-0.25, -0.2) is 0 Å². The van der Waals surface area contributed by atoms with E-state index in [9.17, 15) is 4.79 Å². The molecule has 1 aromatic heterocycles. The standard InChI is InChI=1S/C26H23ClN2O2S/c1-16-10-11-19(14-17(16)2)23-24(18-8-6-5-7-9-18)32-26(29(23)3)28-25(30)21-15-20(27)12-13-22(21)31-4/h5-15H,1-4H3. The molecule has 0 spiro atoms. The molecule has 0 N–H and O–H groups in total. The van der Waals surface area contributed by atoms with Crippen LogP contribution >= 0.6 is 22.9 Å². The first-order valence-electron chi connectivity index (χ1n) is 10.1. The molecule has 0 aliphatic carbocycles. The minimum atomic E-state index is -0.396. The Morgan fingerprint density at radius 2 is 1.72 bits per heavy atom. The van der Waals surface area contributed by atoms with E-state index in [0.29, 0.717) is 21.1 Å². The number of benzene rings is 3. The topological polar surface area (TPSA) is 43.6 Å². The monoisotopic (exact) mass is 462 g/mol. The molecule has 1 amide bonds. The Morgan fingerprint density at radius 1 is 0.969 bits per heavy atom. The minimum Gasteiger partial charge on any atom is -0.496 e. The molecule has 0 saturated heterocycles. The number of carbonyl (C=O) groups excluding carboxylic acids is 1. The Morgan fingerprint density at radius 3 is 2.41 bits per heavy atom. The number of rotatable bonds is 4. The van der Waals surface area contributed by atoms with Crippen LogP contribution in [-0.4, -0.2) is 17.6 Å². The zero-order chi connectivity index (χ0) is 22.8. The number of nitrogens with zero attached hydrogens (tertiary/aromatic N) is 2. The summed E-state index contributed by atoms with van der Waals surface area (Å²) >= 11 is 7.60. The highest BCUT2D eigenvalue weighted by Gasteiger charge is 2.18. The maximum absolute atomic E-state index is 13.1. The maximum atomic E-state index is 13.1. The predicted molar refractivity (Wildman–Crippen MR) is 132 cm³/mol. The minimum absolute atomic E-state index is 0.336. The van der Waals surface area contributed by atoms with Gasteiger partial charge in [0.1, 0.15) is 5.75 Å². The number of thiazole rings is 1. The van der Waals surface area contributed by atoms with Crippen LogP contribution in [0, 0.1) is 13.8 Å². The molecular formula is C26H23ClN2O2S. The Labute approximate surface area is 196 Å². The van der Waals surface area contributed by atoms with Crippen molar-refractivity contribution in [3.8, 4) is 27.4 Å². The smallest absolute Gasteiger partial charge is 0.283 e. The quantitative estimate of drug-likeness (QED) is 0.350. The van der Waals surface area contributed by atoms with Crippen molar-refractivity contribution in [3.63, 3.8) is 0 Å². The van der Waals surface area contributed by atoms with E-state index in [0.717, 1.165) is 21.7 Å². The lowest BCUT2D eigenvalue weighted by Gasteiger charge is -2.10. The fourth-order valence-corrected chi connectivity index (χ4v) is 4.86. The van der Waals surface area contributed by atoms with Gasteiger partial charge in [0.05, 0.1) is 23.2 Å². The van der Waals surface area contributed by atoms with Crippen LogP contribution in [0.1, 0.15) is 21.5 Å². The maximum Gasteiger partial charge on any atom is 0.283 e. The van der Waals surface area contributed by atoms with Gasteiger partial charge in [0.25, 0.3) is 5.91 Å². The summed E-state index contributed by atoms with van der Waals surface area (Å²) in [6.45, 7) is 4.20. The largest absolute Gasteiger partial charge is 0.496 e. The highest BCUT2D eigenvalue weighted by Crippen LogP contribution is 2.35. The van der Waals surface area contributed by atoms with Crippen LogP contribution in [0.5, 0.6) is 5.75 Å². The summed E-state index contributed by atoms with van der Waals surface area (Å²) in [5.74, 6) is 0.0486. The highest BCUT2D eigenvalue weighted by atomic mass is 35.5. The summed E-state index contributed by atoms with van der Waals surface area (Å²) in [4.78, 5) is 19.2. The SMILES string of the molecule is COc1ccc(Cl)cc1C(=O)N=c1sc(-c2ccccc2)c(-c2ccc(C)c(C)c2)n1C. The number of ether oxygens (including phenoxy) is 1. The second-order valence-electron chi connectivity index (χ2n) is 7.55. The highest BCUT2D eigenvalue weighted by molar-refractivity contribution is 7.13. The van der Waals surface area contributed by atoms with Crippen molar-refractivity contribution in [1.29, 1.82) is 0 Å². The molecule has 0 atom stereocenters. The zero-order valence-corrected chi connectivity index (χ0v) is 19.9. The van der Waals surface area contributed by atoms with E-state index in [4.69, 9.17) is 16.3 Å². The van der Waals surface area contributed by atoms with E-state index >= 15 is 0 Å². The summed E-state index contributed by atoms with van der Waals surface area (Å²) in [6, 6.07) is 21.5. The van der Waals surface area contributed by atoms with Crippen LogP contribution in [0.4, 0.5) is 0 Å². The Kier molecular flexibility index (Phi) is 6.31. The fraction of sp³-hybridized carbons (Fsp3) is 0.154. The van der Waals surface area contributed by atoms with Gasteiger partial charge < -0.3 is 9.30 Å². The molecule has 0 unspecified atom stereocenters. The molecule has 4 aromatic rings. The molecule has 0 radical (unpaired) electrons. The lowest BCUT2D eigenvalue weighted by Crippen LogP contribution is -2.15. The first-order valence-corrected chi connectivity index (χ1v) is 11.3. The van der Waals surface area contributed by atoms with Crippen molar-refractivity contribution in [2.45, 2.75) is 13.8 Å². The lowest BCUT2D eigenvalue weighted by molar-refractivity contribution is 0.0995. The van der Waals surface area contributed by atoms with Crippen molar-refractivity contribution in [1.82, 2.24) is 4.57 Å². The van der Waals surface area contributed by atoms with Crippen LogP contribution in [-0.2, 0) is 7.05 Å². The van der Waals surface area contributed by atoms with E-state index < -0.39 is 5.91 Å². The first kappa shape index (κ1) is 22.1. The van der Waals surface area contributed by atoms with E-state index in [1.807, 2.05) is 29.8 Å². The van der Waals surface area contributed by atoms with Crippen molar-refractivity contribution in [2.24, 2.45) is 12.0 Å². The summed E-state index contributed by atoms with van der Waals surface area (Å²) in [5, 5.41) is 0.459. The van der Waals surface area contributed by atoms with Crippen molar-refractivity contribution < 1.29 is 9.53 Å². The normalized spacial score (nSPS) is 11.6. The summed E-state index contributed by atoms with van der Waals surface area (Å²) < 4.78 is 7.32. The Hall–Kier alpha value is -3.15. The molecule has 0 bridgehead atoms. The van der Waals surface area contributed by atoms with Gasteiger partial charge in [0.15, 0.2) is 4.80 Å². The number of carbonyl (C=O) groups is 1. The van der Waals surface area contributed by atoms with Crippen molar-refractivity contribution >= 4 is 28.8 Å². The number of aromatic nitrogens is 1. The van der Waals surface area contributed by atoms with Crippen LogP contribution in [0.3, 0.4) is 0 Å². The van der Waals surface area contributed by atoms with Gasteiger partial charge in [-0.1, -0.05) is 65.4 Å². The molecule has 0 aliphatic rings. The van der Waals surface area contributed by atoms with Crippen molar-refractivity contribution in [2.75, 3.05) is 7.11 Å². The van der Waals surface area contributed by atoms with E-state index in [-0.39, 0.29) is 0 Å². The van der Waals surface area contributed by atoms with Crippen LogP contribution in [0.15, 0.2) is 71.7 Å². The summed E-state index contributed by atoms with van der Waals surface area (Å²) in [6.07, 6.45) is 0. The molecule has 0 saturated carbocycles. The second-order valence-corrected chi connectivity index (χ2v) is 8.96. The van der Waals surface area contributed by atoms with E-state index in [1.54, 1.807) is 18.2 Å². The van der Waals surface area contributed by atoms with Gasteiger partial charge in [0, 0.05) is 12.1 Å². The van der Waals surface area contributed by atoms with Gasteiger partial charge in [-0.15, -0.1) is 0 Å². The number of hydrogen-bond donors (Lipinski definition) is 0. The number of aryl methyl sites for hydroxylation is 2. The molecule has 6 heteroatoms. The molecule has 3 aromatic carbocycles. The van der Waals surface area contributed by atoms with Crippen LogP contribution < -0.4 is 9.54 Å². The number of halogens is 1. The average molecular weight is 463 g/mol. The third kappa shape index (κ3) is 4.27. The molecule has 0 fully saturated rings. The van der Waals surface area contributed by atoms with Gasteiger partial charge in [0.2, 0.25) is 0 Å². The third-order valence-corrected chi connectivity index (χ3v) is 6.85. The van der Waals surface area contributed by atoms with Gasteiger partial charge >= 0.3 is 0 Å². The Bertz CT molecular complexity index is 1370. The van der Waals surface area contributed by atoms with Crippen LogP contribution in [0.25, 0.3) is 21.7 Å². The van der Waals surface area contributed by atoms with Crippen molar-refractivity contribution in [3.05, 3.63) is 93.2 Å². The third-order valence-electron chi connectivity index (χ3n) is 5.44. The van der Waals surface area contributed by atoms with E-state index in [1.165, 1.54) is 29.6 Å². The summed E-state index contributed by atoms with van der Waals surface area (Å²) in [7, 11) is 3.46. The molecule has 4 rings (SSSR count). The number of methoxy groups -OCH3 is 1. The fourth-order valence-electron chi connectivity index (χ4n) is 3.55. The van der Waals surface area contributed by atoms with Gasteiger partial charge in [-0.2, -0.15) is 4.99 Å². The van der Waals surface area contributed by atoms with E-state index in [2.05, 4.69) is 49.2 Å². The molecule has 32 heavy (non-hydrogen) atoms. The Balaban J connectivity index is 1.93. The van der Waals surface area contributed by atoms with Gasteiger partial charge in [-0.05, 0) is 60.4 Å². The summed E-state index contributed by atoms with van der Waals surface area (Å²) in [5.41, 5.74) is 5.97. The van der Waals surface area contributed by atoms with Crippen LogP contribution in [0.2, 0.25) is 5.02 Å². The second kappa shape index (κ2) is 9.15. The molecule has 4 nitrogen and oxygen atoms in total. The zero-order valence-electron chi connectivity index (χ0n) is 18.3. The average Bonchev–Trinajstić information content (AvgIpc) is 3.12. The molecule has 162 valence electrons. The lowest BCUT2D eigenvalue weighted by atomic mass is 10.0. The number of amides is 1. The first-order chi connectivity index (χ1) is 15.4. The molecule has 0 aliphatic heterocycles.